The second kappa shape index (κ2) is 5.23. The molecule has 3 nitrogen and oxygen atoms in total. The van der Waals surface area contributed by atoms with Gasteiger partial charge in [0.15, 0.2) is 5.82 Å². The Bertz CT molecular complexity index is 621. The van der Waals surface area contributed by atoms with E-state index in [1.807, 2.05) is 20.8 Å². The molecule has 0 aliphatic rings. The topological polar surface area (TPSA) is 38.7 Å². The minimum atomic E-state index is -0.139. The molecule has 0 saturated carbocycles. The molecule has 100 valence electrons. The monoisotopic (exact) mass is 315 g/mol. The van der Waals surface area contributed by atoms with Crippen LogP contribution in [0.2, 0.25) is 15.2 Å². The molecule has 0 saturated heterocycles. The number of rotatable bonds is 1. The highest BCUT2D eigenvalue weighted by Gasteiger charge is 2.19. The molecule has 2 aromatic heterocycles. The fourth-order valence-electron chi connectivity index (χ4n) is 1.49. The number of halogens is 3. The SMILES string of the molecule is CC(C)(C)c1cc(Cl)nc(-c2ncc(Cl)cc2Cl)n1. The van der Waals surface area contributed by atoms with E-state index in [0.29, 0.717) is 26.7 Å². The molecule has 0 atom stereocenters. The van der Waals surface area contributed by atoms with Gasteiger partial charge in [-0.1, -0.05) is 55.6 Å². The second-order valence-corrected chi connectivity index (χ2v) is 6.36. The first-order valence-electron chi connectivity index (χ1n) is 5.64. The maximum Gasteiger partial charge on any atom is 0.181 e. The standard InChI is InChI=1S/C13H12Cl3N3/c1-13(2,3)9-5-10(16)19-12(18-9)11-8(15)4-7(14)6-17-11/h4-6H,1-3H3. The van der Waals surface area contributed by atoms with Crippen molar-refractivity contribution >= 4 is 34.8 Å². The zero-order chi connectivity index (χ0) is 14.2. The highest BCUT2D eigenvalue weighted by Crippen LogP contribution is 2.29. The predicted molar refractivity (Wildman–Crippen MR) is 79.0 cm³/mol. The lowest BCUT2D eigenvalue weighted by Gasteiger charge is -2.18. The maximum atomic E-state index is 6.11. The van der Waals surface area contributed by atoms with Crippen molar-refractivity contribution in [2.24, 2.45) is 0 Å². The van der Waals surface area contributed by atoms with Crippen molar-refractivity contribution in [2.75, 3.05) is 0 Å². The van der Waals surface area contributed by atoms with Crippen LogP contribution in [0, 0.1) is 0 Å². The van der Waals surface area contributed by atoms with Crippen molar-refractivity contribution < 1.29 is 0 Å². The molecule has 6 heteroatoms. The molecule has 0 fully saturated rings. The van der Waals surface area contributed by atoms with Gasteiger partial charge in [0.1, 0.15) is 10.8 Å². The van der Waals surface area contributed by atoms with Crippen LogP contribution in [0.3, 0.4) is 0 Å². The lowest BCUT2D eigenvalue weighted by atomic mass is 9.92. The summed E-state index contributed by atoms with van der Waals surface area (Å²) in [6.07, 6.45) is 1.50. The van der Waals surface area contributed by atoms with Crippen molar-refractivity contribution in [3.63, 3.8) is 0 Å². The Labute approximate surface area is 127 Å². The lowest BCUT2D eigenvalue weighted by Crippen LogP contribution is -2.14. The molecule has 0 N–H and O–H groups in total. The number of pyridine rings is 1. The molecule has 19 heavy (non-hydrogen) atoms. The quantitative estimate of drug-likeness (QED) is 0.710. The van der Waals surface area contributed by atoms with Crippen LogP contribution in [0.1, 0.15) is 26.5 Å². The summed E-state index contributed by atoms with van der Waals surface area (Å²) in [5.74, 6) is 0.402. The summed E-state index contributed by atoms with van der Waals surface area (Å²) < 4.78 is 0. The average molecular weight is 317 g/mol. The summed E-state index contributed by atoms with van der Waals surface area (Å²) in [6, 6.07) is 3.35. The van der Waals surface area contributed by atoms with Gasteiger partial charge < -0.3 is 0 Å². The van der Waals surface area contributed by atoms with Crippen LogP contribution in [0.5, 0.6) is 0 Å². The van der Waals surface area contributed by atoms with Crippen molar-refractivity contribution in [1.82, 2.24) is 15.0 Å². The highest BCUT2D eigenvalue weighted by molar-refractivity contribution is 6.36. The van der Waals surface area contributed by atoms with E-state index in [-0.39, 0.29) is 5.41 Å². The van der Waals surface area contributed by atoms with Gasteiger partial charge in [-0.25, -0.2) is 15.0 Å². The van der Waals surface area contributed by atoms with Gasteiger partial charge in [-0.15, -0.1) is 0 Å². The van der Waals surface area contributed by atoms with Crippen LogP contribution in [0.25, 0.3) is 11.5 Å². The predicted octanol–water partition coefficient (Wildman–Crippen LogP) is 4.80. The number of aromatic nitrogens is 3. The molecule has 0 spiro atoms. The third kappa shape index (κ3) is 3.35. The first-order valence-corrected chi connectivity index (χ1v) is 6.77. The van der Waals surface area contributed by atoms with Gasteiger partial charge in [0, 0.05) is 11.6 Å². The second-order valence-electron chi connectivity index (χ2n) is 5.13. The molecule has 2 heterocycles. The van der Waals surface area contributed by atoms with Crippen molar-refractivity contribution in [1.29, 1.82) is 0 Å². The molecular weight excluding hydrogens is 305 g/mol. The van der Waals surface area contributed by atoms with Crippen LogP contribution in [-0.2, 0) is 5.41 Å². The summed E-state index contributed by atoms with van der Waals surface area (Å²) in [4.78, 5) is 12.8. The molecule has 0 aliphatic heterocycles. The maximum absolute atomic E-state index is 6.11. The smallest absolute Gasteiger partial charge is 0.181 e. The molecule has 0 aromatic carbocycles. The Kier molecular flexibility index (Phi) is 4.00. The van der Waals surface area contributed by atoms with Gasteiger partial charge in [0.2, 0.25) is 0 Å². The van der Waals surface area contributed by atoms with Gasteiger partial charge in [-0.2, -0.15) is 0 Å². The number of hydrogen-bond acceptors (Lipinski definition) is 3. The fraction of sp³-hybridized carbons (Fsp3) is 0.308. The molecule has 2 aromatic rings. The van der Waals surface area contributed by atoms with Crippen LogP contribution in [0.4, 0.5) is 0 Å². The Morgan fingerprint density at radius 1 is 1.00 bits per heavy atom. The summed E-state index contributed by atoms with van der Waals surface area (Å²) in [5, 5.41) is 1.23. The first-order chi connectivity index (χ1) is 8.77. The zero-order valence-electron chi connectivity index (χ0n) is 10.7. The minimum absolute atomic E-state index is 0.139. The Morgan fingerprint density at radius 2 is 1.68 bits per heavy atom. The van der Waals surface area contributed by atoms with Gasteiger partial charge in [-0.3, -0.25) is 0 Å². The van der Waals surface area contributed by atoms with Gasteiger partial charge in [0.25, 0.3) is 0 Å². The zero-order valence-corrected chi connectivity index (χ0v) is 13.0. The average Bonchev–Trinajstić information content (AvgIpc) is 2.26. The van der Waals surface area contributed by atoms with Crippen molar-refractivity contribution in [3.8, 4) is 11.5 Å². The number of hydrogen-bond donors (Lipinski definition) is 0. The normalized spacial score (nSPS) is 11.7. The largest absolute Gasteiger partial charge is 0.250 e. The van der Waals surface area contributed by atoms with Gasteiger partial charge in [0.05, 0.1) is 15.7 Å². The van der Waals surface area contributed by atoms with Crippen LogP contribution >= 0.6 is 34.8 Å². The van der Waals surface area contributed by atoms with Crippen LogP contribution in [-0.4, -0.2) is 15.0 Å². The Hall–Kier alpha value is -0.900. The Morgan fingerprint density at radius 3 is 2.26 bits per heavy atom. The molecule has 0 bridgehead atoms. The van der Waals surface area contributed by atoms with Crippen molar-refractivity contribution in [3.05, 3.63) is 39.2 Å². The molecule has 0 aliphatic carbocycles. The van der Waals surface area contributed by atoms with E-state index < -0.39 is 0 Å². The highest BCUT2D eigenvalue weighted by atomic mass is 35.5. The number of nitrogens with zero attached hydrogens (tertiary/aromatic N) is 3. The summed E-state index contributed by atoms with van der Waals surface area (Å²) >= 11 is 18.0. The minimum Gasteiger partial charge on any atom is -0.250 e. The van der Waals surface area contributed by atoms with Crippen molar-refractivity contribution in [2.45, 2.75) is 26.2 Å². The molecule has 0 amide bonds. The third-order valence-electron chi connectivity index (χ3n) is 2.48. The van der Waals surface area contributed by atoms with E-state index in [2.05, 4.69) is 15.0 Å². The molecule has 0 radical (unpaired) electrons. The van der Waals surface area contributed by atoms with E-state index in [1.165, 1.54) is 6.20 Å². The summed E-state index contributed by atoms with van der Waals surface area (Å²) in [6.45, 7) is 6.14. The van der Waals surface area contributed by atoms with E-state index in [0.717, 1.165) is 5.69 Å². The Balaban J connectivity index is 2.59. The summed E-state index contributed by atoms with van der Waals surface area (Å²) in [5.41, 5.74) is 1.16. The first kappa shape index (κ1) is 14.5. The van der Waals surface area contributed by atoms with E-state index in [9.17, 15) is 0 Å². The molecule has 0 unspecified atom stereocenters. The van der Waals surface area contributed by atoms with Crippen LogP contribution in [0.15, 0.2) is 18.3 Å². The van der Waals surface area contributed by atoms with Crippen LogP contribution < -0.4 is 0 Å². The molecule has 2 rings (SSSR count). The van der Waals surface area contributed by atoms with E-state index >= 15 is 0 Å². The fourth-order valence-corrected chi connectivity index (χ4v) is 2.13. The molecular formula is C13H12Cl3N3. The van der Waals surface area contributed by atoms with Gasteiger partial charge in [-0.05, 0) is 12.1 Å². The summed E-state index contributed by atoms with van der Waals surface area (Å²) in [7, 11) is 0. The van der Waals surface area contributed by atoms with Gasteiger partial charge >= 0.3 is 0 Å². The van der Waals surface area contributed by atoms with E-state index in [1.54, 1.807) is 12.1 Å². The third-order valence-corrected chi connectivity index (χ3v) is 3.17. The lowest BCUT2D eigenvalue weighted by molar-refractivity contribution is 0.567. The van der Waals surface area contributed by atoms with E-state index in [4.69, 9.17) is 34.8 Å².